The Kier molecular flexibility index (Phi) is 16.0. The number of rotatable bonds is 17. The van der Waals surface area contributed by atoms with Gasteiger partial charge in [0.1, 0.15) is 0 Å². The number of carbonyl (C=O) groups excluding carboxylic acids is 2. The Balaban J connectivity index is 1.94. The normalized spacial score (nSPS) is 11.2. The summed E-state index contributed by atoms with van der Waals surface area (Å²) in [6.45, 7) is 2.64. The molecule has 0 spiro atoms. The van der Waals surface area contributed by atoms with Crippen molar-refractivity contribution in [2.45, 2.75) is 84.0 Å². The topological polar surface area (TPSA) is 52.6 Å². The van der Waals surface area contributed by atoms with Gasteiger partial charge in [-0.15, -0.1) is 0 Å². The fourth-order valence-corrected chi connectivity index (χ4v) is 3.08. The van der Waals surface area contributed by atoms with Crippen molar-refractivity contribution in [3.05, 3.63) is 54.3 Å². The first-order chi connectivity index (χ1) is 14.7. The number of unbranched alkanes of at least 4 members (excludes halogenated alkanes) is 11. The third-order valence-electron chi connectivity index (χ3n) is 4.84. The summed E-state index contributed by atoms with van der Waals surface area (Å²) in [5, 5.41) is 0. The lowest BCUT2D eigenvalue weighted by atomic mass is 10.1. The molecule has 0 aromatic heterocycles. The largest absolute Gasteiger partial charge is 0.463 e. The van der Waals surface area contributed by atoms with Crippen LogP contribution in [-0.4, -0.2) is 18.5 Å². The quantitative estimate of drug-likeness (QED) is 0.119. The predicted molar refractivity (Wildman–Crippen MR) is 123 cm³/mol. The molecule has 0 amide bonds. The lowest BCUT2D eigenvalue weighted by Gasteiger charge is -2.03. The molecule has 0 saturated heterocycles. The maximum atomic E-state index is 11.6. The van der Waals surface area contributed by atoms with E-state index in [1.165, 1.54) is 70.5 Å². The Hall–Kier alpha value is -2.36. The number of esters is 2. The molecule has 0 heterocycles. The van der Waals surface area contributed by atoms with Crippen LogP contribution in [0.1, 0.15) is 89.5 Å². The van der Waals surface area contributed by atoms with Crippen LogP contribution >= 0.6 is 0 Å². The van der Waals surface area contributed by atoms with Gasteiger partial charge in [0.15, 0.2) is 0 Å². The monoisotopic (exact) mass is 414 g/mol. The highest BCUT2D eigenvalue weighted by molar-refractivity contribution is 5.91. The van der Waals surface area contributed by atoms with Crippen molar-refractivity contribution in [2.75, 3.05) is 6.61 Å². The average molecular weight is 415 g/mol. The lowest BCUT2D eigenvalue weighted by Crippen LogP contribution is -2.04. The highest BCUT2D eigenvalue weighted by Gasteiger charge is 2.00. The van der Waals surface area contributed by atoms with Crippen molar-refractivity contribution in [3.8, 4) is 0 Å². The van der Waals surface area contributed by atoms with E-state index in [4.69, 9.17) is 9.47 Å². The smallest absolute Gasteiger partial charge is 0.335 e. The van der Waals surface area contributed by atoms with E-state index in [1.54, 1.807) is 6.08 Å². The maximum Gasteiger partial charge on any atom is 0.335 e. The zero-order valence-electron chi connectivity index (χ0n) is 18.5. The highest BCUT2D eigenvalue weighted by atomic mass is 16.5. The van der Waals surface area contributed by atoms with Crippen LogP contribution in [0, 0.1) is 0 Å². The Labute approximate surface area is 182 Å². The molecule has 0 bridgehead atoms. The zero-order valence-corrected chi connectivity index (χ0v) is 18.5. The summed E-state index contributed by atoms with van der Waals surface area (Å²) in [5.41, 5.74) is 0.927. The first kappa shape index (κ1) is 25.7. The summed E-state index contributed by atoms with van der Waals surface area (Å²) in [5.74, 6) is -1.12. The van der Waals surface area contributed by atoms with Crippen molar-refractivity contribution < 1.29 is 19.1 Å². The van der Waals surface area contributed by atoms with Crippen LogP contribution in [0.2, 0.25) is 0 Å². The van der Waals surface area contributed by atoms with Gasteiger partial charge in [-0.1, -0.05) is 108 Å². The molecule has 166 valence electrons. The first-order valence-corrected chi connectivity index (χ1v) is 11.5. The standard InChI is InChI=1S/C26H38O4/c1-2-3-4-5-6-7-8-9-10-11-12-16-22-29-25(27)19-20-26(28)30-23-21-24-17-14-13-15-18-24/h13-15,17-21,23H,2-12,16,22H2,1H3/b20-19+,23-21?. The van der Waals surface area contributed by atoms with Gasteiger partial charge < -0.3 is 9.47 Å². The summed E-state index contributed by atoms with van der Waals surface area (Å²) in [4.78, 5) is 23.2. The van der Waals surface area contributed by atoms with Gasteiger partial charge in [-0.25, -0.2) is 9.59 Å². The minimum Gasteiger partial charge on any atom is -0.463 e. The molecule has 0 fully saturated rings. The third kappa shape index (κ3) is 15.5. The van der Waals surface area contributed by atoms with E-state index in [0.29, 0.717) is 6.61 Å². The highest BCUT2D eigenvalue weighted by Crippen LogP contribution is 2.12. The number of carbonyl (C=O) groups is 2. The molecule has 0 aliphatic carbocycles. The van der Waals surface area contributed by atoms with Gasteiger partial charge in [-0.3, -0.25) is 0 Å². The SMILES string of the molecule is CCCCCCCCCCCCCCOC(=O)/C=C/C(=O)OC=Cc1ccccc1. The van der Waals surface area contributed by atoms with E-state index in [2.05, 4.69) is 6.92 Å². The van der Waals surface area contributed by atoms with Crippen LogP contribution in [0.15, 0.2) is 48.7 Å². The molecule has 0 aliphatic heterocycles. The molecule has 0 saturated carbocycles. The maximum absolute atomic E-state index is 11.6. The van der Waals surface area contributed by atoms with Crippen LogP contribution in [0.5, 0.6) is 0 Å². The second-order valence-electron chi connectivity index (χ2n) is 7.54. The molecule has 1 aromatic carbocycles. The number of ether oxygens (including phenoxy) is 2. The number of hydrogen-bond donors (Lipinski definition) is 0. The molecular formula is C26H38O4. The van der Waals surface area contributed by atoms with E-state index in [0.717, 1.165) is 30.6 Å². The molecule has 0 unspecified atom stereocenters. The molecule has 1 aromatic rings. The summed E-state index contributed by atoms with van der Waals surface area (Å²) in [6, 6.07) is 9.50. The van der Waals surface area contributed by atoms with E-state index < -0.39 is 11.9 Å². The molecule has 0 atom stereocenters. The number of hydrogen-bond acceptors (Lipinski definition) is 4. The van der Waals surface area contributed by atoms with Crippen molar-refractivity contribution in [1.29, 1.82) is 0 Å². The van der Waals surface area contributed by atoms with E-state index in [1.807, 2.05) is 30.3 Å². The fourth-order valence-electron chi connectivity index (χ4n) is 3.08. The second kappa shape index (κ2) is 18.7. The molecule has 30 heavy (non-hydrogen) atoms. The van der Waals surface area contributed by atoms with Crippen LogP contribution in [0.25, 0.3) is 6.08 Å². The summed E-state index contributed by atoms with van der Waals surface area (Å²) < 4.78 is 10.0. The minimum atomic E-state index is -0.607. The van der Waals surface area contributed by atoms with E-state index in [9.17, 15) is 9.59 Å². The molecule has 0 radical (unpaired) electrons. The van der Waals surface area contributed by atoms with Crippen molar-refractivity contribution in [3.63, 3.8) is 0 Å². The molecule has 0 aliphatic rings. The van der Waals surface area contributed by atoms with Crippen LogP contribution < -0.4 is 0 Å². The van der Waals surface area contributed by atoms with Gasteiger partial charge in [-0.05, 0) is 18.1 Å². The molecule has 4 nitrogen and oxygen atoms in total. The molecular weight excluding hydrogens is 376 g/mol. The van der Waals surface area contributed by atoms with Crippen LogP contribution in [-0.2, 0) is 19.1 Å². The summed E-state index contributed by atoms with van der Waals surface area (Å²) in [7, 11) is 0. The van der Waals surface area contributed by atoms with Crippen molar-refractivity contribution in [1.82, 2.24) is 0 Å². The van der Waals surface area contributed by atoms with Gasteiger partial charge >= 0.3 is 11.9 Å². The Morgan fingerprint density at radius 3 is 1.87 bits per heavy atom. The Morgan fingerprint density at radius 1 is 0.733 bits per heavy atom. The molecule has 4 heteroatoms. The van der Waals surface area contributed by atoms with Gasteiger partial charge in [0.25, 0.3) is 0 Å². The van der Waals surface area contributed by atoms with Crippen LogP contribution in [0.4, 0.5) is 0 Å². The molecule has 0 N–H and O–H groups in total. The molecule has 1 rings (SSSR count). The zero-order chi connectivity index (χ0) is 21.7. The van der Waals surface area contributed by atoms with Gasteiger partial charge in [-0.2, -0.15) is 0 Å². The minimum absolute atomic E-state index is 0.392. The van der Waals surface area contributed by atoms with E-state index in [-0.39, 0.29) is 0 Å². The average Bonchev–Trinajstić information content (AvgIpc) is 2.76. The van der Waals surface area contributed by atoms with E-state index >= 15 is 0 Å². The lowest BCUT2D eigenvalue weighted by molar-refractivity contribution is -0.139. The van der Waals surface area contributed by atoms with Crippen molar-refractivity contribution >= 4 is 18.0 Å². The third-order valence-corrected chi connectivity index (χ3v) is 4.84. The summed E-state index contributed by atoms with van der Waals surface area (Å²) >= 11 is 0. The number of benzene rings is 1. The fraction of sp³-hybridized carbons (Fsp3) is 0.538. The Bertz CT molecular complexity index is 619. The summed E-state index contributed by atoms with van der Waals surface area (Å²) in [6.07, 6.45) is 20.4. The second-order valence-corrected chi connectivity index (χ2v) is 7.54. The van der Waals surface area contributed by atoms with Gasteiger partial charge in [0, 0.05) is 12.2 Å². The first-order valence-electron chi connectivity index (χ1n) is 11.5. The van der Waals surface area contributed by atoms with Crippen LogP contribution in [0.3, 0.4) is 0 Å². The Morgan fingerprint density at radius 2 is 1.27 bits per heavy atom. The van der Waals surface area contributed by atoms with Crippen molar-refractivity contribution in [2.24, 2.45) is 0 Å². The van der Waals surface area contributed by atoms with Gasteiger partial charge in [0.05, 0.1) is 12.9 Å². The predicted octanol–water partition coefficient (Wildman–Crippen LogP) is 7.00. The van der Waals surface area contributed by atoms with Gasteiger partial charge in [0.2, 0.25) is 0 Å².